The number of hydrogen-bond acceptors (Lipinski definition) is 32. The van der Waals surface area contributed by atoms with Gasteiger partial charge in [-0.25, -0.2) is 0 Å². The highest BCUT2D eigenvalue weighted by Gasteiger charge is 2.59. The van der Waals surface area contributed by atoms with E-state index >= 15 is 0 Å². The first-order valence-electron chi connectivity index (χ1n) is 29.8. The summed E-state index contributed by atoms with van der Waals surface area (Å²) in [4.78, 5) is 26.9. The van der Waals surface area contributed by atoms with Gasteiger partial charge in [-0.15, -0.1) is 0 Å². The summed E-state index contributed by atoms with van der Waals surface area (Å²) in [5.74, 6) is -1.09. The van der Waals surface area contributed by atoms with Crippen LogP contribution in [0.3, 0.4) is 0 Å². The number of aliphatic hydroxyl groups excluding tert-OH is 17. The number of anilines is 1. The van der Waals surface area contributed by atoms with Crippen molar-refractivity contribution in [3.05, 3.63) is 65.2 Å². The van der Waals surface area contributed by atoms with E-state index in [1.165, 1.54) is 0 Å². The van der Waals surface area contributed by atoms with Gasteiger partial charge in [0.15, 0.2) is 37.7 Å². The molecule has 22 aliphatic rings. The van der Waals surface area contributed by atoms with Crippen LogP contribution in [0.25, 0.3) is 12.2 Å². The van der Waals surface area contributed by atoms with Crippen LogP contribution in [-0.4, -0.2) is 329 Å². The SMILES string of the molecule is Nc1ccc(/C=C/c2ccc(C(=O)NCCCCCC(=O)N[C@@H]3[C@@H](O)[C@H]4O[C@H]5[C@H](O)[C@@H](O)[C@@H](O[C@H]6[C@H](O)[C@@H](O)[C@@H](O[C@H]7[C@H](O)[C@@H](O)[C@@H](O[C@H]8[C@H](O)[C@@H](O)[C@@H](O[C@H]9[C@H](O)[C@@H](O)[C@@H](O[C@@H]3[C@@H](CO)O4)O[C@@H]9CO)O[C@@H]8CO)O[C@@H]7CO)O[C@@H]6CO)O[C@@H]5CO)cc2)cc1. The number of carbonyl (C=O) groups is 2. The van der Waals surface area contributed by atoms with E-state index < -0.39 is 230 Å². The molecule has 34 heteroatoms. The molecule has 34 nitrogen and oxygen atoms in total. The van der Waals surface area contributed by atoms with Crippen molar-refractivity contribution < 1.29 is 153 Å². The minimum atomic E-state index is -2.22. The first-order chi connectivity index (χ1) is 43.6. The van der Waals surface area contributed by atoms with Gasteiger partial charge >= 0.3 is 0 Å². The van der Waals surface area contributed by atoms with Gasteiger partial charge < -0.3 is 160 Å². The lowest BCUT2D eigenvalue weighted by molar-refractivity contribution is -0.401. The molecule has 24 rings (SSSR count). The fourth-order valence-electron chi connectivity index (χ4n) is 11.8. The van der Waals surface area contributed by atoms with E-state index in [1.807, 2.05) is 24.3 Å². The fourth-order valence-corrected chi connectivity index (χ4v) is 11.8. The molecule has 2 aromatic rings. The van der Waals surface area contributed by atoms with Crippen LogP contribution in [0.5, 0.6) is 0 Å². The third kappa shape index (κ3) is 16.0. The average Bonchev–Trinajstić information content (AvgIpc) is 0.802. The Balaban J connectivity index is 0.931. The molecule has 22 saturated heterocycles. The number of rotatable bonds is 16. The van der Waals surface area contributed by atoms with Crippen LogP contribution in [0.1, 0.15) is 47.2 Å². The Hall–Kier alpha value is -4.24. The molecule has 0 saturated carbocycles. The predicted molar refractivity (Wildman–Crippen MR) is 299 cm³/mol. The first kappa shape index (κ1) is 71.1. The van der Waals surface area contributed by atoms with Gasteiger partial charge in [0.05, 0.1) is 45.7 Å². The molecule has 12 bridgehead atoms. The normalized spacial score (nSPS) is 43.3. The van der Waals surface area contributed by atoms with Crippen LogP contribution in [0.4, 0.5) is 5.69 Å². The lowest BCUT2D eigenvalue weighted by Gasteiger charge is -2.51. The van der Waals surface area contributed by atoms with Crippen molar-refractivity contribution in [1.82, 2.24) is 10.6 Å². The zero-order valence-corrected chi connectivity index (χ0v) is 48.8. The minimum Gasteiger partial charge on any atom is -0.399 e. The van der Waals surface area contributed by atoms with Crippen LogP contribution < -0.4 is 16.4 Å². The van der Waals surface area contributed by atoms with Crippen LogP contribution >= 0.6 is 0 Å². The van der Waals surface area contributed by atoms with Gasteiger partial charge in [0, 0.05) is 24.2 Å². The topological polar surface area (TPSA) is 539 Å². The Kier molecular flexibility index (Phi) is 25.0. The summed E-state index contributed by atoms with van der Waals surface area (Å²) >= 11 is 0. The van der Waals surface area contributed by atoms with Crippen LogP contribution in [-0.2, 0) is 61.6 Å². The lowest BCUT2D eigenvalue weighted by atomic mass is 9.93. The summed E-state index contributed by atoms with van der Waals surface area (Å²) < 4.78 is 70.0. The van der Waals surface area contributed by atoms with Gasteiger partial charge in [-0.05, 0) is 48.2 Å². The Morgan fingerprint density at radius 1 is 0.374 bits per heavy atom. The molecule has 22 aliphatic heterocycles. The van der Waals surface area contributed by atoms with Crippen LogP contribution in [0.2, 0.25) is 0 Å². The second-order valence-electron chi connectivity index (χ2n) is 23.1. The number of nitrogens with one attached hydrogen (secondary N) is 2. The van der Waals surface area contributed by atoms with E-state index in [0.29, 0.717) is 24.1 Å². The van der Waals surface area contributed by atoms with Gasteiger partial charge in [-0.3, -0.25) is 9.59 Å². The average molecular weight is 1310 g/mol. The third-order valence-electron chi connectivity index (χ3n) is 17.0. The van der Waals surface area contributed by atoms with Gasteiger partial charge in [-0.2, -0.15) is 0 Å². The highest BCUT2D eigenvalue weighted by molar-refractivity contribution is 5.94. The Morgan fingerprint density at radius 3 is 1.00 bits per heavy atom. The summed E-state index contributed by atoms with van der Waals surface area (Å²) in [5.41, 5.74) is 8.61. The smallest absolute Gasteiger partial charge is 0.251 e. The third-order valence-corrected chi connectivity index (χ3v) is 17.0. The van der Waals surface area contributed by atoms with Crippen molar-refractivity contribution in [2.45, 2.75) is 210 Å². The summed E-state index contributed by atoms with van der Waals surface area (Å²) in [6.07, 6.45) is -53.0. The standard InChI is InChI=1S/C57H83N3O31/c58-25-13-9-23(10-14-25)6-5-22-7-11-24(12-8-22)51(79)59-15-3-1-2-4-32(67)60-33-34(68)52-80-26(16-61)45(33)86-53-40(74)35(69)47(28(18-63)81-53)88-55-42(76)37(71)49(30(20-65)83-55)90-57-44(78)39(73)50(31(21-66)85-57)91-56-43(77)38(72)48(29(19-64)84-56)89-54-41(75)36(70)46(87-52)27(17-62)82-54/h5-14,26-31,33-50,52-57,61-66,68-78H,1-4,15-21,58H2,(H,59,79)(H,60,67)/b6-5+/t26-,27-,28-,29-,30-,31-,33-,34-,35-,36-,37-,38-,39-,40-,41-,42-,43-,44-,45-,46-,47-,48-,49-,50-,52-,53-,54-,55-,56-,57-/m1/s1. The highest BCUT2D eigenvalue weighted by Crippen LogP contribution is 2.38. The van der Waals surface area contributed by atoms with E-state index in [4.69, 9.17) is 62.6 Å². The van der Waals surface area contributed by atoms with Crippen LogP contribution in [0, 0.1) is 0 Å². The maximum atomic E-state index is 13.9. The zero-order chi connectivity index (χ0) is 65.5. The molecule has 22 heterocycles. The van der Waals surface area contributed by atoms with Crippen molar-refractivity contribution in [3.8, 4) is 0 Å². The van der Waals surface area contributed by atoms with E-state index in [-0.39, 0.29) is 25.3 Å². The Labute approximate surface area is 519 Å². The van der Waals surface area contributed by atoms with Gasteiger partial charge in [0.25, 0.3) is 5.91 Å². The van der Waals surface area contributed by atoms with Crippen molar-refractivity contribution in [2.75, 3.05) is 51.9 Å². The molecule has 2 amide bonds. The molecule has 0 aliphatic carbocycles. The number of carbonyl (C=O) groups excluding carboxylic acids is 2. The Bertz CT molecular complexity index is 2630. The van der Waals surface area contributed by atoms with Gasteiger partial charge in [0.2, 0.25) is 5.91 Å². The first-order valence-corrected chi connectivity index (χ1v) is 29.8. The maximum Gasteiger partial charge on any atom is 0.251 e. The molecule has 0 aromatic heterocycles. The summed E-state index contributed by atoms with van der Waals surface area (Å²) in [5, 5.41) is 196. The number of nitrogen functional groups attached to an aromatic ring is 1. The molecular weight excluding hydrogens is 1220 g/mol. The molecule has 0 spiro atoms. The van der Waals surface area contributed by atoms with E-state index in [2.05, 4.69) is 10.6 Å². The number of amides is 2. The summed E-state index contributed by atoms with van der Waals surface area (Å²) in [7, 11) is 0. The largest absolute Gasteiger partial charge is 0.399 e. The quantitative estimate of drug-likeness (QED) is 0.0422. The van der Waals surface area contributed by atoms with E-state index in [9.17, 15) is 96.4 Å². The zero-order valence-electron chi connectivity index (χ0n) is 48.8. The molecule has 2 aromatic carbocycles. The molecule has 22 fully saturated rings. The molecular formula is C57H83N3O31. The molecule has 0 unspecified atom stereocenters. The van der Waals surface area contributed by atoms with Crippen LogP contribution in [0.15, 0.2) is 48.5 Å². The number of ether oxygens (including phenoxy) is 12. The molecule has 30 atom stereocenters. The van der Waals surface area contributed by atoms with Crippen molar-refractivity contribution in [2.24, 2.45) is 0 Å². The predicted octanol–water partition coefficient (Wildman–Crippen LogP) is -9.19. The van der Waals surface area contributed by atoms with Crippen molar-refractivity contribution >= 4 is 29.7 Å². The highest BCUT2D eigenvalue weighted by atomic mass is 16.8. The second kappa shape index (κ2) is 32.0. The Morgan fingerprint density at radius 2 is 0.670 bits per heavy atom. The maximum absolute atomic E-state index is 13.9. The fraction of sp³-hybridized carbons (Fsp3) is 0.719. The van der Waals surface area contributed by atoms with Crippen molar-refractivity contribution in [3.63, 3.8) is 0 Å². The second-order valence-corrected chi connectivity index (χ2v) is 23.1. The summed E-state index contributed by atoms with van der Waals surface area (Å²) in [6, 6.07) is 12.5. The van der Waals surface area contributed by atoms with E-state index in [0.717, 1.165) is 11.1 Å². The summed E-state index contributed by atoms with van der Waals surface area (Å²) in [6.45, 7) is -5.97. The molecule has 0 radical (unpaired) electrons. The molecule has 21 N–H and O–H groups in total. The number of benzene rings is 2. The number of aliphatic hydroxyl groups is 17. The minimum absolute atomic E-state index is 0.208. The molecule has 91 heavy (non-hydrogen) atoms. The van der Waals surface area contributed by atoms with Gasteiger partial charge in [-0.1, -0.05) is 42.8 Å². The number of hydrogen-bond donors (Lipinski definition) is 20. The number of unbranched alkanes of at least 4 members (excludes halogenated alkanes) is 2. The van der Waals surface area contributed by atoms with Crippen molar-refractivity contribution in [1.29, 1.82) is 0 Å². The monoisotopic (exact) mass is 1310 g/mol. The van der Waals surface area contributed by atoms with E-state index in [1.54, 1.807) is 36.4 Å². The molecule has 512 valence electrons. The lowest BCUT2D eigenvalue weighted by Crippen LogP contribution is -2.70. The number of nitrogens with two attached hydrogens (primary N) is 1. The van der Waals surface area contributed by atoms with Gasteiger partial charge in [0.1, 0.15) is 140 Å².